The Hall–Kier alpha value is -2.66. The Kier molecular flexibility index (Phi) is 7.57. The molecule has 160 valence electrons. The summed E-state index contributed by atoms with van der Waals surface area (Å²) in [6, 6.07) is 0. The van der Waals surface area contributed by atoms with Crippen LogP contribution < -0.4 is 16.6 Å². The van der Waals surface area contributed by atoms with Crippen molar-refractivity contribution in [3.8, 4) is 11.8 Å². The van der Waals surface area contributed by atoms with E-state index in [1.165, 1.54) is 0 Å². The van der Waals surface area contributed by atoms with Gasteiger partial charge in [0.1, 0.15) is 24.5 Å². The summed E-state index contributed by atoms with van der Waals surface area (Å²) in [6.07, 6.45) is -6.56. The number of nitrogens with zero attached hydrogens (tertiary/aromatic N) is 1. The van der Waals surface area contributed by atoms with Crippen molar-refractivity contribution in [2.24, 2.45) is 0 Å². The molecule has 10 nitrogen and oxygen atoms in total. The second kappa shape index (κ2) is 9.70. The summed E-state index contributed by atoms with van der Waals surface area (Å²) in [5.74, 6) is 2.83. The predicted molar refractivity (Wildman–Crippen MR) is 89.7 cm³/mol. The second-order valence-corrected chi connectivity index (χ2v) is 5.93. The van der Waals surface area contributed by atoms with E-state index < -0.39 is 48.4 Å². The van der Waals surface area contributed by atoms with E-state index in [0.29, 0.717) is 0 Å². The van der Waals surface area contributed by atoms with Crippen LogP contribution in [0.4, 0.5) is 13.2 Å². The number of aliphatic hydroxyl groups excluding tert-OH is 2. The average Bonchev–Trinajstić information content (AvgIpc) is 3.01. The lowest BCUT2D eigenvalue weighted by Crippen LogP contribution is -2.38. The molecule has 0 radical (unpaired) electrons. The van der Waals surface area contributed by atoms with Crippen LogP contribution in [0.5, 0.6) is 0 Å². The fraction of sp³-hybridized carbons (Fsp3) is 0.562. The number of H-pyrrole nitrogens is 1. The Morgan fingerprint density at radius 2 is 2.17 bits per heavy atom. The van der Waals surface area contributed by atoms with Gasteiger partial charge in [0.25, 0.3) is 5.56 Å². The van der Waals surface area contributed by atoms with Crippen molar-refractivity contribution in [1.82, 2.24) is 14.9 Å². The van der Waals surface area contributed by atoms with Crippen LogP contribution in [0.15, 0.2) is 15.8 Å². The van der Waals surface area contributed by atoms with Crippen molar-refractivity contribution < 1.29 is 37.7 Å². The Bertz CT molecular complexity index is 900. The third kappa shape index (κ3) is 6.16. The summed E-state index contributed by atoms with van der Waals surface area (Å²) >= 11 is 0. The number of carbonyl (C=O) groups excluding carboxylic acids is 1. The molecular formula is C16H18F3N3O7. The largest absolute Gasteiger partial charge is 0.471 e. The Balaban J connectivity index is 1.93. The van der Waals surface area contributed by atoms with Crippen molar-refractivity contribution in [3.05, 3.63) is 32.6 Å². The Labute approximate surface area is 161 Å². The summed E-state index contributed by atoms with van der Waals surface area (Å²) in [5, 5.41) is 20.5. The van der Waals surface area contributed by atoms with Crippen molar-refractivity contribution in [3.63, 3.8) is 0 Å². The molecule has 1 aliphatic heterocycles. The minimum absolute atomic E-state index is 0.0246. The van der Waals surface area contributed by atoms with Gasteiger partial charge in [0.15, 0.2) is 0 Å². The van der Waals surface area contributed by atoms with Crippen LogP contribution in [0.1, 0.15) is 18.2 Å². The molecule has 1 aromatic rings. The summed E-state index contributed by atoms with van der Waals surface area (Å²) in [7, 11) is 0. The normalized spacial score (nSPS) is 21.5. The molecule has 0 bridgehead atoms. The molecule has 13 heteroatoms. The number of halogens is 3. The van der Waals surface area contributed by atoms with Crippen LogP contribution >= 0.6 is 0 Å². The van der Waals surface area contributed by atoms with Gasteiger partial charge in [-0.05, 0) is 0 Å². The number of ether oxygens (including phenoxy) is 2. The highest BCUT2D eigenvalue weighted by molar-refractivity contribution is 5.81. The molecule has 1 saturated heterocycles. The van der Waals surface area contributed by atoms with Gasteiger partial charge in [0.2, 0.25) is 0 Å². The SMILES string of the molecule is O=C(NCCOCC#Cc1cn([C@H]2C[C@H](O)[C@@H](CO)O2)c(=O)[nH]c1=O)C(F)(F)F. The number of carbonyl (C=O) groups is 1. The standard InChI is InChI=1S/C16H18F3N3O7/c17-16(18,19)14(26)20-3-5-28-4-1-2-9-7-22(15(27)21-13(9)25)12-6-10(24)11(8-23)29-12/h7,10-12,23-24H,3-6,8H2,(H,20,26)(H,21,25,27)/t10-,11+,12+/m0/s1. The van der Waals surface area contributed by atoms with E-state index >= 15 is 0 Å². The second-order valence-electron chi connectivity index (χ2n) is 5.93. The van der Waals surface area contributed by atoms with Crippen LogP contribution in [0, 0.1) is 11.8 Å². The maximum Gasteiger partial charge on any atom is 0.471 e. The molecule has 1 aliphatic rings. The number of alkyl halides is 3. The Morgan fingerprint density at radius 1 is 1.45 bits per heavy atom. The van der Waals surface area contributed by atoms with E-state index in [9.17, 15) is 32.7 Å². The third-order valence-corrected chi connectivity index (χ3v) is 3.85. The molecule has 29 heavy (non-hydrogen) atoms. The van der Waals surface area contributed by atoms with Gasteiger partial charge < -0.3 is 25.0 Å². The first-order chi connectivity index (χ1) is 13.6. The van der Waals surface area contributed by atoms with Gasteiger partial charge in [0.05, 0.1) is 19.3 Å². The van der Waals surface area contributed by atoms with Crippen molar-refractivity contribution >= 4 is 5.91 Å². The summed E-state index contributed by atoms with van der Waals surface area (Å²) < 4.78 is 47.2. The number of hydrogen-bond acceptors (Lipinski definition) is 7. The Morgan fingerprint density at radius 3 is 2.79 bits per heavy atom. The van der Waals surface area contributed by atoms with Gasteiger partial charge in [0, 0.05) is 19.2 Å². The first kappa shape index (κ1) is 22.6. The minimum atomic E-state index is -4.97. The molecule has 0 saturated carbocycles. The highest BCUT2D eigenvalue weighted by Gasteiger charge is 2.38. The number of rotatable bonds is 6. The molecule has 1 fully saturated rings. The van der Waals surface area contributed by atoms with Gasteiger partial charge in [-0.25, -0.2) is 4.79 Å². The molecule has 1 aromatic heterocycles. The molecule has 2 heterocycles. The third-order valence-electron chi connectivity index (χ3n) is 3.85. The highest BCUT2D eigenvalue weighted by Crippen LogP contribution is 2.27. The zero-order valence-electron chi connectivity index (χ0n) is 14.9. The maximum atomic E-state index is 12.0. The molecule has 3 atom stereocenters. The van der Waals surface area contributed by atoms with E-state index in [-0.39, 0.29) is 31.7 Å². The molecule has 0 spiro atoms. The van der Waals surface area contributed by atoms with Crippen LogP contribution in [0.25, 0.3) is 0 Å². The van der Waals surface area contributed by atoms with E-state index in [1.807, 2.05) is 0 Å². The lowest BCUT2D eigenvalue weighted by atomic mass is 10.2. The zero-order valence-corrected chi connectivity index (χ0v) is 14.9. The topological polar surface area (TPSA) is 143 Å². The highest BCUT2D eigenvalue weighted by atomic mass is 19.4. The van der Waals surface area contributed by atoms with Crippen LogP contribution in [0.2, 0.25) is 0 Å². The molecule has 4 N–H and O–H groups in total. The van der Waals surface area contributed by atoms with Crippen LogP contribution in [-0.2, 0) is 14.3 Å². The first-order valence-electron chi connectivity index (χ1n) is 8.35. The van der Waals surface area contributed by atoms with Gasteiger partial charge in [-0.2, -0.15) is 13.2 Å². The van der Waals surface area contributed by atoms with Crippen molar-refractivity contribution in [1.29, 1.82) is 0 Å². The molecule has 0 aliphatic carbocycles. The molecule has 0 aromatic carbocycles. The monoisotopic (exact) mass is 421 g/mol. The van der Waals surface area contributed by atoms with Crippen molar-refractivity contribution in [2.75, 3.05) is 26.4 Å². The van der Waals surface area contributed by atoms with Crippen molar-refractivity contribution in [2.45, 2.75) is 31.0 Å². The fourth-order valence-corrected chi connectivity index (χ4v) is 2.43. The number of aromatic amines is 1. The first-order valence-corrected chi connectivity index (χ1v) is 8.35. The number of nitrogens with one attached hydrogen (secondary N) is 2. The number of hydrogen-bond donors (Lipinski definition) is 4. The molecular weight excluding hydrogens is 403 g/mol. The van der Waals surface area contributed by atoms with E-state index in [1.54, 1.807) is 5.32 Å². The van der Waals surface area contributed by atoms with Gasteiger partial charge in [-0.15, -0.1) is 0 Å². The maximum absolute atomic E-state index is 12.0. The van der Waals surface area contributed by atoms with Gasteiger partial charge in [-0.1, -0.05) is 11.8 Å². The van der Waals surface area contributed by atoms with Crippen LogP contribution in [-0.4, -0.2) is 70.4 Å². The fourth-order valence-electron chi connectivity index (χ4n) is 2.43. The summed E-state index contributed by atoms with van der Waals surface area (Å²) in [4.78, 5) is 36.4. The number of aliphatic hydroxyl groups is 2. The number of amides is 1. The van der Waals surface area contributed by atoms with E-state index in [0.717, 1.165) is 10.8 Å². The lowest BCUT2D eigenvalue weighted by Gasteiger charge is -2.14. The average molecular weight is 421 g/mol. The smallest absolute Gasteiger partial charge is 0.394 e. The summed E-state index contributed by atoms with van der Waals surface area (Å²) in [5.41, 5.74) is -1.66. The number of aromatic nitrogens is 2. The quantitative estimate of drug-likeness (QED) is 0.314. The minimum Gasteiger partial charge on any atom is -0.394 e. The summed E-state index contributed by atoms with van der Waals surface area (Å²) in [6.45, 7) is -1.30. The molecule has 2 rings (SSSR count). The van der Waals surface area contributed by atoms with E-state index in [4.69, 9.17) is 14.6 Å². The molecule has 1 amide bonds. The van der Waals surface area contributed by atoms with E-state index in [2.05, 4.69) is 16.8 Å². The zero-order chi connectivity index (χ0) is 21.6. The van der Waals surface area contributed by atoms with Gasteiger partial charge in [-0.3, -0.25) is 19.1 Å². The van der Waals surface area contributed by atoms with Gasteiger partial charge >= 0.3 is 17.8 Å². The molecule has 0 unspecified atom stereocenters. The predicted octanol–water partition coefficient (Wildman–Crippen LogP) is -1.78. The lowest BCUT2D eigenvalue weighted by molar-refractivity contribution is -0.173. The van der Waals surface area contributed by atoms with Crippen LogP contribution in [0.3, 0.4) is 0 Å².